The maximum atomic E-state index is 12.2. The van der Waals surface area contributed by atoms with Gasteiger partial charge in [0.15, 0.2) is 6.73 Å². The molecule has 0 saturated carbocycles. The first-order valence-electron chi connectivity index (χ1n) is 7.84. The van der Waals surface area contributed by atoms with Crippen LogP contribution in [-0.2, 0) is 6.54 Å². The molecule has 0 spiro atoms. The predicted octanol–water partition coefficient (Wildman–Crippen LogP) is 5.18. The summed E-state index contributed by atoms with van der Waals surface area (Å²) in [7, 11) is 0. The van der Waals surface area contributed by atoms with E-state index in [1.165, 1.54) is 0 Å². The van der Waals surface area contributed by atoms with Crippen LogP contribution in [0.4, 0.5) is 5.69 Å². The minimum Gasteiger partial charge on any atom is -0.471 e. The van der Waals surface area contributed by atoms with Crippen molar-refractivity contribution in [1.82, 2.24) is 0 Å². The maximum Gasteiger partial charge on any atom is 0.339 e. The van der Waals surface area contributed by atoms with Gasteiger partial charge in [0.25, 0.3) is 0 Å². The number of ether oxygens (including phenoxy) is 1. The van der Waals surface area contributed by atoms with Gasteiger partial charge in [-0.15, -0.1) is 0 Å². The van der Waals surface area contributed by atoms with Crippen LogP contribution >= 0.6 is 27.5 Å². The monoisotopic (exact) mass is 419 g/mol. The highest BCUT2D eigenvalue weighted by Crippen LogP contribution is 2.40. The minimum atomic E-state index is -0.325. The molecule has 6 heteroatoms. The van der Waals surface area contributed by atoms with Crippen molar-refractivity contribution in [2.24, 2.45) is 0 Å². The molecule has 0 fully saturated rings. The van der Waals surface area contributed by atoms with Gasteiger partial charge in [0.1, 0.15) is 11.3 Å². The molecule has 2 heterocycles. The van der Waals surface area contributed by atoms with Gasteiger partial charge in [0.2, 0.25) is 0 Å². The standard InChI is InChI=1S/C19H15BrClNO3/c1-10-11(2)19(23)25-17-14(10)7-16(21)18-15(17)8-22(9-24-18)13-5-3-4-12(20)6-13/h3-7H,8-9H2,1-2H3. The fraction of sp³-hybridized carbons (Fsp3) is 0.211. The van der Waals surface area contributed by atoms with Crippen molar-refractivity contribution < 1.29 is 9.15 Å². The molecule has 0 unspecified atom stereocenters. The normalized spacial score (nSPS) is 13.7. The first-order valence-corrected chi connectivity index (χ1v) is 9.01. The lowest BCUT2D eigenvalue weighted by atomic mass is 10.0. The number of halogens is 2. The van der Waals surface area contributed by atoms with Crippen LogP contribution in [0, 0.1) is 13.8 Å². The van der Waals surface area contributed by atoms with Crippen LogP contribution in [0.3, 0.4) is 0 Å². The number of hydrogen-bond donors (Lipinski definition) is 0. The molecule has 25 heavy (non-hydrogen) atoms. The van der Waals surface area contributed by atoms with E-state index in [0.717, 1.165) is 26.7 Å². The molecule has 1 aliphatic heterocycles. The Kier molecular flexibility index (Phi) is 4.01. The summed E-state index contributed by atoms with van der Waals surface area (Å²) in [6, 6.07) is 9.79. The summed E-state index contributed by atoms with van der Waals surface area (Å²) in [5, 5.41) is 1.38. The average molecular weight is 421 g/mol. The van der Waals surface area contributed by atoms with Gasteiger partial charge in [-0.05, 0) is 43.7 Å². The van der Waals surface area contributed by atoms with Gasteiger partial charge in [-0.25, -0.2) is 4.79 Å². The van der Waals surface area contributed by atoms with E-state index in [1.807, 2.05) is 37.3 Å². The topological polar surface area (TPSA) is 42.7 Å². The van der Waals surface area contributed by atoms with Crippen molar-refractivity contribution in [3.8, 4) is 5.75 Å². The lowest BCUT2D eigenvalue weighted by Gasteiger charge is -2.31. The van der Waals surface area contributed by atoms with Gasteiger partial charge in [0, 0.05) is 21.1 Å². The Bertz CT molecular complexity index is 1060. The van der Waals surface area contributed by atoms with E-state index in [4.69, 9.17) is 20.8 Å². The van der Waals surface area contributed by atoms with Crippen molar-refractivity contribution in [2.75, 3.05) is 11.6 Å². The quantitative estimate of drug-likeness (QED) is 0.509. The zero-order valence-corrected chi connectivity index (χ0v) is 16.1. The van der Waals surface area contributed by atoms with E-state index in [9.17, 15) is 4.79 Å². The largest absolute Gasteiger partial charge is 0.471 e. The Balaban J connectivity index is 1.91. The molecule has 0 bridgehead atoms. The Morgan fingerprint density at radius 3 is 2.76 bits per heavy atom. The number of fused-ring (bicyclic) bond motifs is 3. The lowest BCUT2D eigenvalue weighted by molar-refractivity contribution is 0.289. The zero-order chi connectivity index (χ0) is 17.7. The van der Waals surface area contributed by atoms with Gasteiger partial charge in [-0.1, -0.05) is 33.6 Å². The van der Waals surface area contributed by atoms with Crippen LogP contribution in [0.2, 0.25) is 5.02 Å². The number of anilines is 1. The van der Waals surface area contributed by atoms with Gasteiger partial charge >= 0.3 is 5.63 Å². The zero-order valence-electron chi connectivity index (χ0n) is 13.7. The second-order valence-corrected chi connectivity index (χ2v) is 7.46. The molecule has 2 aromatic carbocycles. The minimum absolute atomic E-state index is 0.325. The molecule has 0 radical (unpaired) electrons. The number of nitrogens with zero attached hydrogens (tertiary/aromatic N) is 1. The van der Waals surface area contributed by atoms with Crippen LogP contribution in [0.5, 0.6) is 5.75 Å². The van der Waals surface area contributed by atoms with Crippen LogP contribution in [0.15, 0.2) is 44.0 Å². The molecular weight excluding hydrogens is 406 g/mol. The lowest BCUT2D eigenvalue weighted by Crippen LogP contribution is -2.32. The van der Waals surface area contributed by atoms with Crippen molar-refractivity contribution in [2.45, 2.75) is 20.4 Å². The van der Waals surface area contributed by atoms with Crippen molar-refractivity contribution >= 4 is 44.2 Å². The summed E-state index contributed by atoms with van der Waals surface area (Å²) in [6.45, 7) is 4.60. The van der Waals surface area contributed by atoms with Gasteiger partial charge in [-0.3, -0.25) is 0 Å². The fourth-order valence-corrected chi connectivity index (χ4v) is 3.77. The SMILES string of the molecule is Cc1c(C)c2cc(Cl)c3c(c2oc1=O)CN(c1cccc(Br)c1)CO3. The van der Waals surface area contributed by atoms with E-state index >= 15 is 0 Å². The Morgan fingerprint density at radius 1 is 1.20 bits per heavy atom. The van der Waals surface area contributed by atoms with Gasteiger partial charge < -0.3 is 14.1 Å². The Morgan fingerprint density at radius 2 is 2.00 bits per heavy atom. The fourth-order valence-electron chi connectivity index (χ4n) is 3.10. The van der Waals surface area contributed by atoms with E-state index in [0.29, 0.717) is 35.2 Å². The first kappa shape index (κ1) is 16.5. The average Bonchev–Trinajstić information content (AvgIpc) is 2.61. The second-order valence-electron chi connectivity index (χ2n) is 6.13. The third-order valence-corrected chi connectivity index (χ3v) is 5.41. The maximum absolute atomic E-state index is 12.2. The molecule has 1 aliphatic rings. The number of hydrogen-bond acceptors (Lipinski definition) is 4. The van der Waals surface area contributed by atoms with Crippen molar-refractivity contribution in [3.63, 3.8) is 0 Å². The highest BCUT2D eigenvalue weighted by atomic mass is 79.9. The molecule has 128 valence electrons. The van der Waals surface area contributed by atoms with Crippen molar-refractivity contribution in [1.29, 1.82) is 0 Å². The summed E-state index contributed by atoms with van der Waals surface area (Å²) in [5.41, 5.74) is 3.52. The highest BCUT2D eigenvalue weighted by Gasteiger charge is 2.25. The third-order valence-electron chi connectivity index (χ3n) is 4.64. The molecule has 0 N–H and O–H groups in total. The summed E-state index contributed by atoms with van der Waals surface area (Å²) in [5.74, 6) is 0.590. The molecule has 4 nitrogen and oxygen atoms in total. The molecule has 3 aromatic rings. The Labute approximate surface area is 158 Å². The van der Waals surface area contributed by atoms with E-state index in [-0.39, 0.29) is 5.63 Å². The molecule has 1 aromatic heterocycles. The summed E-state index contributed by atoms with van der Waals surface area (Å²) < 4.78 is 12.5. The van der Waals surface area contributed by atoms with Gasteiger partial charge in [0.05, 0.1) is 17.1 Å². The second kappa shape index (κ2) is 6.07. The molecule has 0 atom stereocenters. The predicted molar refractivity (Wildman–Crippen MR) is 103 cm³/mol. The first-order chi connectivity index (χ1) is 12.0. The van der Waals surface area contributed by atoms with Crippen LogP contribution < -0.4 is 15.3 Å². The summed E-state index contributed by atoms with van der Waals surface area (Å²) in [4.78, 5) is 14.2. The highest BCUT2D eigenvalue weighted by molar-refractivity contribution is 9.10. The van der Waals surface area contributed by atoms with E-state index < -0.39 is 0 Å². The molecule has 0 saturated heterocycles. The van der Waals surface area contributed by atoms with Crippen LogP contribution in [-0.4, -0.2) is 6.73 Å². The van der Waals surface area contributed by atoms with Crippen molar-refractivity contribution in [3.05, 3.63) is 66.9 Å². The van der Waals surface area contributed by atoms with Crippen LogP contribution in [0.1, 0.15) is 16.7 Å². The van der Waals surface area contributed by atoms with Gasteiger partial charge in [-0.2, -0.15) is 0 Å². The summed E-state index contributed by atoms with van der Waals surface area (Å²) in [6.07, 6.45) is 0. The molecule has 4 rings (SSSR count). The number of benzene rings is 2. The number of aryl methyl sites for hydroxylation is 1. The third kappa shape index (κ3) is 2.71. The Hall–Kier alpha value is -1.98. The van der Waals surface area contributed by atoms with E-state index in [2.05, 4.69) is 20.8 Å². The molecule has 0 amide bonds. The molecule has 0 aliphatic carbocycles. The number of rotatable bonds is 1. The van der Waals surface area contributed by atoms with E-state index in [1.54, 1.807) is 6.92 Å². The molecular formula is C19H15BrClNO3. The van der Waals surface area contributed by atoms with Crippen LogP contribution in [0.25, 0.3) is 11.0 Å². The summed E-state index contributed by atoms with van der Waals surface area (Å²) >= 11 is 9.92. The smallest absolute Gasteiger partial charge is 0.339 e.